The van der Waals surface area contributed by atoms with Gasteiger partial charge in [-0.25, -0.2) is 4.79 Å². The van der Waals surface area contributed by atoms with Gasteiger partial charge in [0.15, 0.2) is 0 Å². The van der Waals surface area contributed by atoms with E-state index >= 15 is 0 Å². The molecule has 0 aliphatic carbocycles. The molecule has 32 heavy (non-hydrogen) atoms. The lowest BCUT2D eigenvalue weighted by Crippen LogP contribution is -2.28. The first-order valence-electron chi connectivity index (χ1n) is 10.3. The monoisotopic (exact) mass is 447 g/mol. The van der Waals surface area contributed by atoms with E-state index in [9.17, 15) is 9.59 Å². The lowest BCUT2D eigenvalue weighted by Gasteiger charge is -2.19. The molecule has 3 rings (SSSR count). The molecule has 1 amide bonds. The zero-order valence-corrected chi connectivity index (χ0v) is 19.1. The molecule has 5 heteroatoms. The van der Waals surface area contributed by atoms with Crippen LogP contribution in [-0.4, -0.2) is 11.9 Å². The minimum absolute atomic E-state index is 0.0180. The van der Waals surface area contributed by atoms with Gasteiger partial charge in [-0.1, -0.05) is 87.0 Å². The van der Waals surface area contributed by atoms with E-state index in [2.05, 4.69) is 26.1 Å². The van der Waals surface area contributed by atoms with Gasteiger partial charge in [0, 0.05) is 10.6 Å². The van der Waals surface area contributed by atoms with E-state index in [1.54, 1.807) is 42.5 Å². The van der Waals surface area contributed by atoms with Crippen LogP contribution >= 0.6 is 11.6 Å². The predicted octanol–water partition coefficient (Wildman–Crippen LogP) is 6.15. The van der Waals surface area contributed by atoms with E-state index < -0.39 is 5.97 Å². The maximum atomic E-state index is 12.9. The summed E-state index contributed by atoms with van der Waals surface area (Å²) in [4.78, 5) is 25.7. The van der Waals surface area contributed by atoms with Gasteiger partial charge in [0.1, 0.15) is 12.3 Å². The topological polar surface area (TPSA) is 55.4 Å². The minimum Gasteiger partial charge on any atom is -0.456 e. The first kappa shape index (κ1) is 23.3. The number of hydrogen-bond acceptors (Lipinski definition) is 3. The van der Waals surface area contributed by atoms with Crippen molar-refractivity contribution in [3.8, 4) is 0 Å². The van der Waals surface area contributed by atoms with Crippen molar-refractivity contribution in [2.75, 3.05) is 0 Å². The summed E-state index contributed by atoms with van der Waals surface area (Å²) in [7, 11) is 0. The summed E-state index contributed by atoms with van der Waals surface area (Å²) in [6.07, 6.45) is 1.57. The highest BCUT2D eigenvalue weighted by molar-refractivity contribution is 6.30. The molecule has 0 spiro atoms. The average Bonchev–Trinajstić information content (AvgIpc) is 2.78. The third-order valence-corrected chi connectivity index (χ3v) is 5.13. The number of rotatable bonds is 6. The fourth-order valence-electron chi connectivity index (χ4n) is 2.99. The van der Waals surface area contributed by atoms with Crippen LogP contribution in [0.1, 0.15) is 47.8 Å². The number of esters is 1. The zero-order chi connectivity index (χ0) is 23.1. The number of benzene rings is 3. The first-order valence-corrected chi connectivity index (χ1v) is 10.7. The quantitative estimate of drug-likeness (QED) is 0.364. The van der Waals surface area contributed by atoms with E-state index in [1.807, 2.05) is 42.5 Å². The van der Waals surface area contributed by atoms with Gasteiger partial charge in [0.05, 0.1) is 0 Å². The Morgan fingerprint density at radius 2 is 1.53 bits per heavy atom. The van der Waals surface area contributed by atoms with Gasteiger partial charge >= 0.3 is 5.97 Å². The predicted molar refractivity (Wildman–Crippen MR) is 128 cm³/mol. The van der Waals surface area contributed by atoms with Crippen molar-refractivity contribution in [2.45, 2.75) is 32.8 Å². The molecule has 0 aliphatic heterocycles. The van der Waals surface area contributed by atoms with E-state index in [1.165, 1.54) is 0 Å². The molecule has 0 aromatic heterocycles. The number of halogens is 1. The summed E-state index contributed by atoms with van der Waals surface area (Å²) in [6.45, 7) is 6.43. The summed E-state index contributed by atoms with van der Waals surface area (Å²) in [5, 5.41) is 3.29. The largest absolute Gasteiger partial charge is 0.456 e. The van der Waals surface area contributed by atoms with Crippen LogP contribution in [-0.2, 0) is 21.6 Å². The van der Waals surface area contributed by atoms with Gasteiger partial charge in [0.2, 0.25) is 0 Å². The second kappa shape index (κ2) is 10.3. The molecular weight excluding hydrogens is 422 g/mol. The van der Waals surface area contributed by atoms with Crippen LogP contribution in [0.3, 0.4) is 0 Å². The van der Waals surface area contributed by atoms with Crippen LogP contribution in [0.15, 0.2) is 84.6 Å². The van der Waals surface area contributed by atoms with Crippen molar-refractivity contribution in [3.05, 3.63) is 112 Å². The Labute approximate surface area is 193 Å². The maximum absolute atomic E-state index is 12.9. The molecule has 0 heterocycles. The Balaban J connectivity index is 1.80. The van der Waals surface area contributed by atoms with Gasteiger partial charge in [-0.3, -0.25) is 4.79 Å². The van der Waals surface area contributed by atoms with Gasteiger partial charge < -0.3 is 10.1 Å². The zero-order valence-electron chi connectivity index (χ0n) is 18.4. The fraction of sp³-hybridized carbons (Fsp3) is 0.185. The summed E-state index contributed by atoms with van der Waals surface area (Å²) in [5.41, 5.74) is 3.17. The second-order valence-electron chi connectivity index (χ2n) is 8.45. The number of nitrogens with one attached hydrogen (secondary N) is 1. The van der Waals surface area contributed by atoms with Crippen molar-refractivity contribution in [1.82, 2.24) is 5.32 Å². The Bertz CT molecular complexity index is 1100. The number of hydrogen-bond donors (Lipinski definition) is 1. The molecule has 0 radical (unpaired) electrons. The normalized spacial score (nSPS) is 11.7. The highest BCUT2D eigenvalue weighted by atomic mass is 35.5. The Hall–Kier alpha value is -3.37. The van der Waals surface area contributed by atoms with Gasteiger partial charge in [-0.05, 0) is 52.4 Å². The van der Waals surface area contributed by atoms with Crippen molar-refractivity contribution >= 4 is 29.6 Å². The molecule has 1 N–H and O–H groups in total. The molecular formula is C27H26ClNO3. The molecule has 164 valence electrons. The van der Waals surface area contributed by atoms with Crippen molar-refractivity contribution < 1.29 is 14.3 Å². The molecule has 0 fully saturated rings. The van der Waals surface area contributed by atoms with E-state index in [0.29, 0.717) is 16.1 Å². The molecule has 0 atom stereocenters. The molecule has 0 aliphatic rings. The van der Waals surface area contributed by atoms with E-state index in [0.717, 1.165) is 11.1 Å². The van der Waals surface area contributed by atoms with E-state index in [4.69, 9.17) is 16.3 Å². The van der Waals surface area contributed by atoms with Crippen LogP contribution in [0.25, 0.3) is 6.08 Å². The molecule has 0 bridgehead atoms. The van der Waals surface area contributed by atoms with Gasteiger partial charge in [0.25, 0.3) is 5.91 Å². The number of ether oxygens (including phenoxy) is 1. The highest BCUT2D eigenvalue weighted by Crippen LogP contribution is 2.22. The van der Waals surface area contributed by atoms with Crippen LogP contribution < -0.4 is 5.32 Å². The Kier molecular flexibility index (Phi) is 7.49. The van der Waals surface area contributed by atoms with Crippen molar-refractivity contribution in [1.29, 1.82) is 0 Å². The summed E-state index contributed by atoms with van der Waals surface area (Å²) in [6, 6.07) is 23.7. The SMILES string of the molecule is CC(C)(C)c1ccc(C(=O)N/C(=C/c2ccc(Cl)cc2)C(=O)OCc2ccccc2)cc1. The number of carbonyl (C=O) groups is 2. The third-order valence-electron chi connectivity index (χ3n) is 4.87. The lowest BCUT2D eigenvalue weighted by molar-refractivity contribution is -0.140. The van der Waals surface area contributed by atoms with E-state index in [-0.39, 0.29) is 23.6 Å². The van der Waals surface area contributed by atoms with Crippen LogP contribution in [0, 0.1) is 0 Å². The molecule has 3 aromatic rings. The Morgan fingerprint density at radius 3 is 2.12 bits per heavy atom. The van der Waals surface area contributed by atoms with Gasteiger partial charge in [-0.2, -0.15) is 0 Å². The van der Waals surface area contributed by atoms with Crippen LogP contribution in [0.2, 0.25) is 5.02 Å². The standard InChI is InChI=1S/C27H26ClNO3/c1-27(2,3)22-13-11-21(12-14-22)25(30)29-24(17-19-9-15-23(28)16-10-19)26(31)32-18-20-7-5-4-6-8-20/h4-17H,18H2,1-3H3,(H,29,30)/b24-17+. The maximum Gasteiger partial charge on any atom is 0.355 e. The molecule has 0 unspecified atom stereocenters. The summed E-state index contributed by atoms with van der Waals surface area (Å²) in [5.74, 6) is -1.01. The molecule has 3 aromatic carbocycles. The van der Waals surface area contributed by atoms with Gasteiger partial charge in [-0.15, -0.1) is 0 Å². The summed E-state index contributed by atoms with van der Waals surface area (Å²) >= 11 is 5.96. The summed E-state index contributed by atoms with van der Waals surface area (Å²) < 4.78 is 5.44. The van der Waals surface area contributed by atoms with Crippen LogP contribution in [0.4, 0.5) is 0 Å². The van der Waals surface area contributed by atoms with Crippen molar-refractivity contribution in [3.63, 3.8) is 0 Å². The molecule has 0 saturated carbocycles. The number of amides is 1. The second-order valence-corrected chi connectivity index (χ2v) is 8.89. The lowest BCUT2D eigenvalue weighted by atomic mass is 9.87. The Morgan fingerprint density at radius 1 is 0.906 bits per heavy atom. The first-order chi connectivity index (χ1) is 15.2. The number of carbonyl (C=O) groups excluding carboxylic acids is 2. The van der Waals surface area contributed by atoms with Crippen molar-refractivity contribution in [2.24, 2.45) is 0 Å². The third kappa shape index (κ3) is 6.56. The smallest absolute Gasteiger partial charge is 0.355 e. The molecule has 4 nitrogen and oxygen atoms in total. The van der Waals surface area contributed by atoms with Crippen LogP contribution in [0.5, 0.6) is 0 Å². The average molecular weight is 448 g/mol. The minimum atomic E-state index is -0.622. The fourth-order valence-corrected chi connectivity index (χ4v) is 3.11. The molecule has 0 saturated heterocycles. The highest BCUT2D eigenvalue weighted by Gasteiger charge is 2.18.